The Morgan fingerprint density at radius 1 is 0.842 bits per heavy atom. The third kappa shape index (κ3) is 5.39. The van der Waals surface area contributed by atoms with Gasteiger partial charge in [-0.3, -0.25) is 4.79 Å². The Kier molecular flexibility index (Phi) is 7.13. The minimum Gasteiger partial charge on any atom is -0.496 e. The van der Waals surface area contributed by atoms with Gasteiger partial charge in [-0.2, -0.15) is 0 Å². The second-order valence-electron chi connectivity index (χ2n) is 8.87. The van der Waals surface area contributed by atoms with E-state index in [-0.39, 0.29) is 12.5 Å². The molecule has 5 aromatic rings. The Morgan fingerprint density at radius 3 is 2.39 bits per heavy atom. The normalized spacial score (nSPS) is 10.7. The maximum atomic E-state index is 13.3. The largest absolute Gasteiger partial charge is 0.496 e. The molecule has 0 fully saturated rings. The monoisotopic (exact) mass is 502 g/mol. The average Bonchev–Trinajstić information content (AvgIpc) is 2.96. The summed E-state index contributed by atoms with van der Waals surface area (Å²) < 4.78 is 11.0. The van der Waals surface area contributed by atoms with Gasteiger partial charge in [0.15, 0.2) is 0 Å². The van der Waals surface area contributed by atoms with Crippen LogP contribution in [0.4, 0.5) is 5.82 Å². The molecule has 5 rings (SSSR count). The van der Waals surface area contributed by atoms with Crippen LogP contribution in [0.1, 0.15) is 31.8 Å². The number of rotatable bonds is 7. The molecule has 6 heteroatoms. The number of carbonyl (C=O) groups is 2. The lowest BCUT2D eigenvalue weighted by Gasteiger charge is -2.14. The fourth-order valence-electron chi connectivity index (χ4n) is 4.22. The number of methoxy groups -OCH3 is 1. The van der Waals surface area contributed by atoms with E-state index in [0.717, 1.165) is 22.1 Å². The lowest BCUT2D eigenvalue weighted by Crippen LogP contribution is -2.14. The number of amides is 1. The first-order chi connectivity index (χ1) is 18.5. The van der Waals surface area contributed by atoms with E-state index in [9.17, 15) is 9.59 Å². The second-order valence-corrected chi connectivity index (χ2v) is 8.87. The molecule has 0 saturated heterocycles. The number of aryl methyl sites for hydroxylation is 1. The first kappa shape index (κ1) is 24.7. The van der Waals surface area contributed by atoms with Gasteiger partial charge in [-0.25, -0.2) is 9.78 Å². The molecule has 38 heavy (non-hydrogen) atoms. The zero-order valence-corrected chi connectivity index (χ0v) is 21.1. The van der Waals surface area contributed by atoms with Gasteiger partial charge in [-0.1, -0.05) is 66.2 Å². The topological polar surface area (TPSA) is 77.5 Å². The van der Waals surface area contributed by atoms with Crippen LogP contribution < -0.4 is 10.1 Å². The molecule has 4 aromatic carbocycles. The molecule has 0 aliphatic heterocycles. The standard InChI is InChI=1S/C32H26N2O4/c1-21-11-13-23(14-12-21)30-26(9-6-10-28(30)37-2)31(35)34-29-18-16-24-19-25(15-17-27(24)33-29)32(36)38-20-22-7-4-3-5-8-22/h3-19H,20H2,1-2H3,(H,33,34,35). The molecule has 0 unspecified atom stereocenters. The van der Waals surface area contributed by atoms with Crippen LogP contribution in [0.2, 0.25) is 0 Å². The van der Waals surface area contributed by atoms with E-state index >= 15 is 0 Å². The first-order valence-electron chi connectivity index (χ1n) is 12.2. The smallest absolute Gasteiger partial charge is 0.338 e. The SMILES string of the molecule is COc1cccc(C(=O)Nc2ccc3cc(C(=O)OCc4ccccc4)ccc3n2)c1-c1ccc(C)cc1. The van der Waals surface area contributed by atoms with Crippen LogP contribution in [0.15, 0.2) is 103 Å². The Labute approximate surface area is 220 Å². The zero-order valence-electron chi connectivity index (χ0n) is 21.1. The second kappa shape index (κ2) is 11.0. The highest BCUT2D eigenvalue weighted by atomic mass is 16.5. The molecule has 1 heterocycles. The molecule has 0 aliphatic carbocycles. The van der Waals surface area contributed by atoms with Gasteiger partial charge >= 0.3 is 5.97 Å². The summed E-state index contributed by atoms with van der Waals surface area (Å²) in [5.74, 6) is 0.307. The highest BCUT2D eigenvalue weighted by Gasteiger charge is 2.18. The highest BCUT2D eigenvalue weighted by molar-refractivity contribution is 6.09. The molecule has 6 nitrogen and oxygen atoms in total. The van der Waals surface area contributed by atoms with Crippen LogP contribution in [0.25, 0.3) is 22.0 Å². The summed E-state index contributed by atoms with van der Waals surface area (Å²) in [5, 5.41) is 3.66. The van der Waals surface area contributed by atoms with Crippen molar-refractivity contribution in [3.05, 3.63) is 125 Å². The molecule has 0 aliphatic rings. The number of hydrogen-bond donors (Lipinski definition) is 1. The van der Waals surface area contributed by atoms with Gasteiger partial charge in [0.25, 0.3) is 5.91 Å². The first-order valence-corrected chi connectivity index (χ1v) is 12.2. The summed E-state index contributed by atoms with van der Waals surface area (Å²) in [4.78, 5) is 30.5. The molecule has 0 saturated carbocycles. The van der Waals surface area contributed by atoms with Crippen molar-refractivity contribution in [1.29, 1.82) is 0 Å². The molecule has 1 amide bonds. The van der Waals surface area contributed by atoms with Crippen molar-refractivity contribution >= 4 is 28.6 Å². The third-order valence-electron chi connectivity index (χ3n) is 6.21. The van der Waals surface area contributed by atoms with Gasteiger partial charge in [0.1, 0.15) is 18.2 Å². The number of benzene rings is 4. The predicted molar refractivity (Wildman–Crippen MR) is 148 cm³/mol. The highest BCUT2D eigenvalue weighted by Crippen LogP contribution is 2.34. The summed E-state index contributed by atoms with van der Waals surface area (Å²) in [6.45, 7) is 2.22. The summed E-state index contributed by atoms with van der Waals surface area (Å²) in [6.07, 6.45) is 0. The predicted octanol–water partition coefficient (Wildman–Crippen LogP) is 6.83. The minimum absolute atomic E-state index is 0.204. The average molecular weight is 503 g/mol. The number of carbonyl (C=O) groups excluding carboxylic acids is 2. The van der Waals surface area contributed by atoms with Crippen LogP contribution in [0.5, 0.6) is 5.75 Å². The number of pyridine rings is 1. The van der Waals surface area contributed by atoms with Gasteiger partial charge in [0.2, 0.25) is 0 Å². The molecule has 188 valence electrons. The van der Waals surface area contributed by atoms with Crippen molar-refractivity contribution in [3.8, 4) is 16.9 Å². The molecule has 1 aromatic heterocycles. The quantitative estimate of drug-likeness (QED) is 0.247. The zero-order chi connectivity index (χ0) is 26.5. The van der Waals surface area contributed by atoms with Crippen molar-refractivity contribution in [2.75, 3.05) is 12.4 Å². The molecule has 1 N–H and O–H groups in total. The third-order valence-corrected chi connectivity index (χ3v) is 6.21. The van der Waals surface area contributed by atoms with Gasteiger partial charge in [0.05, 0.1) is 23.8 Å². The summed E-state index contributed by atoms with van der Waals surface area (Å²) in [5.41, 5.74) is 5.21. The maximum Gasteiger partial charge on any atom is 0.338 e. The van der Waals surface area contributed by atoms with E-state index < -0.39 is 5.97 Å². The number of anilines is 1. The van der Waals surface area contributed by atoms with Crippen molar-refractivity contribution in [1.82, 2.24) is 4.98 Å². The fourth-order valence-corrected chi connectivity index (χ4v) is 4.22. The number of aromatic nitrogens is 1. The van der Waals surface area contributed by atoms with Crippen LogP contribution in [-0.4, -0.2) is 24.0 Å². The van der Waals surface area contributed by atoms with E-state index in [4.69, 9.17) is 9.47 Å². The fraction of sp³-hybridized carbons (Fsp3) is 0.0938. The number of ether oxygens (including phenoxy) is 2. The molecule has 0 atom stereocenters. The summed E-state index contributed by atoms with van der Waals surface area (Å²) in [6, 6.07) is 31.5. The van der Waals surface area contributed by atoms with E-state index in [1.807, 2.05) is 73.7 Å². The van der Waals surface area contributed by atoms with E-state index in [2.05, 4.69) is 10.3 Å². The van der Waals surface area contributed by atoms with Gasteiger partial charge in [-0.05, 0) is 60.5 Å². The minimum atomic E-state index is -0.408. The Hall–Kier alpha value is -4.97. The maximum absolute atomic E-state index is 13.3. The Balaban J connectivity index is 1.35. The summed E-state index contributed by atoms with van der Waals surface area (Å²) >= 11 is 0. The molecule has 0 radical (unpaired) electrons. The van der Waals surface area contributed by atoms with Gasteiger partial charge < -0.3 is 14.8 Å². The van der Waals surface area contributed by atoms with Crippen LogP contribution in [-0.2, 0) is 11.3 Å². The van der Waals surface area contributed by atoms with Crippen LogP contribution in [0, 0.1) is 6.92 Å². The number of nitrogens with zero attached hydrogens (tertiary/aromatic N) is 1. The Bertz CT molecular complexity index is 1610. The Morgan fingerprint density at radius 2 is 1.63 bits per heavy atom. The molecule has 0 bridgehead atoms. The van der Waals surface area contributed by atoms with E-state index in [1.54, 1.807) is 43.5 Å². The van der Waals surface area contributed by atoms with E-state index in [0.29, 0.717) is 33.8 Å². The molecular formula is C32H26N2O4. The van der Waals surface area contributed by atoms with Gasteiger partial charge in [0, 0.05) is 10.9 Å². The number of esters is 1. The van der Waals surface area contributed by atoms with Gasteiger partial charge in [-0.15, -0.1) is 0 Å². The van der Waals surface area contributed by atoms with E-state index in [1.165, 1.54) is 0 Å². The number of fused-ring (bicyclic) bond motifs is 1. The molecular weight excluding hydrogens is 476 g/mol. The lowest BCUT2D eigenvalue weighted by atomic mass is 9.97. The molecule has 0 spiro atoms. The number of nitrogens with one attached hydrogen (secondary N) is 1. The van der Waals surface area contributed by atoms with Crippen molar-refractivity contribution in [2.45, 2.75) is 13.5 Å². The summed E-state index contributed by atoms with van der Waals surface area (Å²) in [7, 11) is 1.59. The van der Waals surface area contributed by atoms with Crippen LogP contribution >= 0.6 is 0 Å². The van der Waals surface area contributed by atoms with Crippen molar-refractivity contribution < 1.29 is 19.1 Å². The van der Waals surface area contributed by atoms with Crippen LogP contribution in [0.3, 0.4) is 0 Å². The lowest BCUT2D eigenvalue weighted by molar-refractivity contribution is 0.0473. The van der Waals surface area contributed by atoms with Crippen molar-refractivity contribution in [3.63, 3.8) is 0 Å². The number of hydrogen-bond acceptors (Lipinski definition) is 5. The van der Waals surface area contributed by atoms with Crippen molar-refractivity contribution in [2.24, 2.45) is 0 Å².